The molecular formula is C13H22N4OS2. The molecule has 0 bridgehead atoms. The largest absolute Gasteiger partial charge is 0.382 e. The summed E-state index contributed by atoms with van der Waals surface area (Å²) in [5.74, 6) is 3.21. The van der Waals surface area contributed by atoms with Gasteiger partial charge in [-0.2, -0.15) is 11.8 Å². The molecule has 0 saturated carbocycles. The van der Waals surface area contributed by atoms with Crippen LogP contribution in [0, 0.1) is 5.92 Å². The van der Waals surface area contributed by atoms with Gasteiger partial charge in [0, 0.05) is 12.6 Å². The molecule has 7 heteroatoms. The number of thiazole rings is 1. The summed E-state index contributed by atoms with van der Waals surface area (Å²) in [7, 11) is 0. The van der Waals surface area contributed by atoms with Crippen LogP contribution < -0.4 is 16.4 Å². The van der Waals surface area contributed by atoms with Gasteiger partial charge in [-0.1, -0.05) is 11.3 Å². The van der Waals surface area contributed by atoms with Crippen molar-refractivity contribution >= 4 is 40.0 Å². The molecule has 1 aromatic heterocycles. The average molecular weight is 314 g/mol. The van der Waals surface area contributed by atoms with E-state index in [9.17, 15) is 4.79 Å². The van der Waals surface area contributed by atoms with Crippen LogP contribution in [-0.4, -0.2) is 35.0 Å². The molecule has 1 aliphatic rings. The lowest BCUT2D eigenvalue weighted by atomic mass is 10.0. The number of nitrogens with zero attached hydrogens (tertiary/aromatic N) is 1. The smallest absolute Gasteiger partial charge is 0.265 e. The molecule has 0 aliphatic carbocycles. The van der Waals surface area contributed by atoms with Crippen LogP contribution in [0.1, 0.15) is 36.4 Å². The van der Waals surface area contributed by atoms with Crippen LogP contribution in [0.15, 0.2) is 0 Å². The number of aromatic nitrogens is 1. The minimum absolute atomic E-state index is 0.102. The fraction of sp³-hybridized carbons (Fsp3) is 0.692. The fourth-order valence-corrected chi connectivity index (χ4v) is 4.22. The fourth-order valence-electron chi connectivity index (χ4n) is 2.07. The highest BCUT2D eigenvalue weighted by molar-refractivity contribution is 7.99. The van der Waals surface area contributed by atoms with Crippen LogP contribution in [0.4, 0.5) is 10.9 Å². The Morgan fingerprint density at radius 3 is 2.80 bits per heavy atom. The third-order valence-electron chi connectivity index (χ3n) is 3.16. The molecule has 4 N–H and O–H groups in total. The van der Waals surface area contributed by atoms with E-state index < -0.39 is 0 Å². The first-order valence-electron chi connectivity index (χ1n) is 6.95. The van der Waals surface area contributed by atoms with E-state index in [-0.39, 0.29) is 11.9 Å². The SMILES string of the molecule is CC(C)Nc1nc(N)c(C(=O)NCC2CCSCC2)s1. The quantitative estimate of drug-likeness (QED) is 0.778. The van der Waals surface area contributed by atoms with E-state index >= 15 is 0 Å². The van der Waals surface area contributed by atoms with Crippen molar-refractivity contribution in [3.05, 3.63) is 4.88 Å². The second-order valence-electron chi connectivity index (χ2n) is 5.30. The minimum atomic E-state index is -0.102. The number of carbonyl (C=O) groups is 1. The van der Waals surface area contributed by atoms with Crippen molar-refractivity contribution in [1.29, 1.82) is 0 Å². The maximum Gasteiger partial charge on any atom is 0.265 e. The molecule has 112 valence electrons. The molecule has 1 fully saturated rings. The van der Waals surface area contributed by atoms with Gasteiger partial charge in [0.05, 0.1) is 0 Å². The number of nitrogens with one attached hydrogen (secondary N) is 2. The van der Waals surface area contributed by atoms with Gasteiger partial charge in [0.1, 0.15) is 10.7 Å². The molecule has 20 heavy (non-hydrogen) atoms. The maximum absolute atomic E-state index is 12.2. The molecule has 0 spiro atoms. The average Bonchev–Trinajstić information content (AvgIpc) is 2.77. The Kier molecular flexibility index (Phi) is 5.54. The van der Waals surface area contributed by atoms with E-state index in [1.54, 1.807) is 0 Å². The summed E-state index contributed by atoms with van der Waals surface area (Å²) in [6.45, 7) is 4.79. The number of thioether (sulfide) groups is 1. The first-order chi connectivity index (χ1) is 9.56. The van der Waals surface area contributed by atoms with Crippen molar-refractivity contribution < 1.29 is 4.79 Å². The number of carbonyl (C=O) groups excluding carboxylic acids is 1. The van der Waals surface area contributed by atoms with Gasteiger partial charge in [-0.05, 0) is 44.1 Å². The predicted molar refractivity (Wildman–Crippen MR) is 87.7 cm³/mol. The first kappa shape index (κ1) is 15.4. The summed E-state index contributed by atoms with van der Waals surface area (Å²) >= 11 is 3.31. The van der Waals surface area contributed by atoms with Gasteiger partial charge in [-0.15, -0.1) is 0 Å². The third-order valence-corrected chi connectivity index (χ3v) is 5.21. The van der Waals surface area contributed by atoms with Crippen LogP contribution in [0.25, 0.3) is 0 Å². The van der Waals surface area contributed by atoms with Gasteiger partial charge in [-0.3, -0.25) is 4.79 Å². The number of nitrogens with two attached hydrogens (primary N) is 1. The van der Waals surface area contributed by atoms with Crippen LogP contribution in [-0.2, 0) is 0 Å². The van der Waals surface area contributed by atoms with E-state index in [2.05, 4.69) is 15.6 Å². The molecule has 1 aromatic rings. The molecule has 2 rings (SSSR count). The molecule has 0 atom stereocenters. The van der Waals surface area contributed by atoms with Gasteiger partial charge in [0.15, 0.2) is 5.13 Å². The standard InChI is InChI=1S/C13H22N4OS2/c1-8(2)16-13-17-11(14)10(20-13)12(18)15-7-9-3-5-19-6-4-9/h8-9H,3-7,14H2,1-2H3,(H,15,18)(H,16,17). The molecular weight excluding hydrogens is 292 g/mol. The molecule has 1 aliphatic heterocycles. The zero-order valence-corrected chi connectivity index (χ0v) is 13.6. The lowest BCUT2D eigenvalue weighted by molar-refractivity contribution is 0.0951. The Morgan fingerprint density at radius 1 is 1.45 bits per heavy atom. The predicted octanol–water partition coefficient (Wildman–Crippen LogP) is 2.42. The molecule has 0 unspecified atom stereocenters. The number of hydrogen-bond donors (Lipinski definition) is 3. The highest BCUT2D eigenvalue weighted by Crippen LogP contribution is 2.26. The number of nitrogen functional groups attached to an aromatic ring is 1. The molecule has 0 radical (unpaired) electrons. The van der Waals surface area contributed by atoms with E-state index in [4.69, 9.17) is 5.73 Å². The monoisotopic (exact) mass is 314 g/mol. The van der Waals surface area contributed by atoms with Crippen LogP contribution in [0.5, 0.6) is 0 Å². The molecule has 1 amide bonds. The van der Waals surface area contributed by atoms with Crippen molar-refractivity contribution in [2.24, 2.45) is 5.92 Å². The second-order valence-corrected chi connectivity index (χ2v) is 7.52. The summed E-state index contributed by atoms with van der Waals surface area (Å²) in [6, 6.07) is 0.274. The molecule has 2 heterocycles. The second kappa shape index (κ2) is 7.17. The summed E-state index contributed by atoms with van der Waals surface area (Å²) < 4.78 is 0. The molecule has 0 aromatic carbocycles. The Bertz CT molecular complexity index is 455. The maximum atomic E-state index is 12.2. The summed E-state index contributed by atoms with van der Waals surface area (Å²) in [4.78, 5) is 16.9. The molecule has 5 nitrogen and oxygen atoms in total. The molecule has 1 saturated heterocycles. The number of amides is 1. The van der Waals surface area contributed by atoms with E-state index in [0.29, 0.717) is 21.7 Å². The number of hydrogen-bond acceptors (Lipinski definition) is 6. The first-order valence-corrected chi connectivity index (χ1v) is 8.92. The number of anilines is 2. The van der Waals surface area contributed by atoms with Gasteiger partial charge >= 0.3 is 0 Å². The summed E-state index contributed by atoms with van der Waals surface area (Å²) in [5, 5.41) is 6.87. The van der Waals surface area contributed by atoms with Gasteiger partial charge in [0.25, 0.3) is 5.91 Å². The number of rotatable bonds is 5. The van der Waals surface area contributed by atoms with Crippen molar-refractivity contribution in [3.63, 3.8) is 0 Å². The lowest BCUT2D eigenvalue weighted by Gasteiger charge is -2.21. The van der Waals surface area contributed by atoms with Crippen molar-refractivity contribution in [2.45, 2.75) is 32.7 Å². The van der Waals surface area contributed by atoms with Gasteiger partial charge in [0.2, 0.25) is 0 Å². The van der Waals surface area contributed by atoms with Gasteiger partial charge in [-0.25, -0.2) is 4.98 Å². The van der Waals surface area contributed by atoms with Crippen molar-refractivity contribution in [2.75, 3.05) is 29.1 Å². The van der Waals surface area contributed by atoms with Crippen LogP contribution in [0.3, 0.4) is 0 Å². The van der Waals surface area contributed by atoms with E-state index in [0.717, 1.165) is 6.54 Å². The Morgan fingerprint density at radius 2 is 2.15 bits per heavy atom. The lowest BCUT2D eigenvalue weighted by Crippen LogP contribution is -2.30. The third kappa shape index (κ3) is 4.28. The summed E-state index contributed by atoms with van der Waals surface area (Å²) in [6.07, 6.45) is 2.37. The Balaban J connectivity index is 1.89. The van der Waals surface area contributed by atoms with Crippen molar-refractivity contribution in [1.82, 2.24) is 10.3 Å². The Hall–Kier alpha value is -0.950. The van der Waals surface area contributed by atoms with Gasteiger partial charge < -0.3 is 16.4 Å². The van der Waals surface area contributed by atoms with Crippen LogP contribution >= 0.6 is 23.1 Å². The minimum Gasteiger partial charge on any atom is -0.382 e. The highest BCUT2D eigenvalue weighted by Gasteiger charge is 2.19. The van der Waals surface area contributed by atoms with E-state index in [1.807, 2.05) is 25.6 Å². The normalized spacial score (nSPS) is 16.4. The zero-order valence-electron chi connectivity index (χ0n) is 11.9. The van der Waals surface area contributed by atoms with Crippen molar-refractivity contribution in [3.8, 4) is 0 Å². The summed E-state index contributed by atoms with van der Waals surface area (Å²) in [5.41, 5.74) is 5.82. The zero-order chi connectivity index (χ0) is 14.5. The van der Waals surface area contributed by atoms with E-state index in [1.165, 1.54) is 35.7 Å². The highest BCUT2D eigenvalue weighted by atomic mass is 32.2. The Labute approximate surface area is 128 Å². The topological polar surface area (TPSA) is 80.0 Å². The van der Waals surface area contributed by atoms with Crippen LogP contribution in [0.2, 0.25) is 0 Å².